The summed E-state index contributed by atoms with van der Waals surface area (Å²) >= 11 is 0. The molecular weight excluding hydrogens is 206 g/mol. The minimum absolute atomic E-state index is 0.734. The fraction of sp³-hybridized carbons (Fsp3) is 0.875. The van der Waals surface area contributed by atoms with E-state index in [4.69, 9.17) is 0 Å². The van der Waals surface area contributed by atoms with E-state index in [2.05, 4.69) is 24.4 Å². The van der Waals surface area contributed by atoms with Crippen molar-refractivity contribution in [1.82, 2.24) is 5.32 Å². The lowest BCUT2D eigenvalue weighted by molar-refractivity contribution is 0.288. The summed E-state index contributed by atoms with van der Waals surface area (Å²) in [6, 6.07) is 1.55. The molecule has 0 spiro atoms. The van der Waals surface area contributed by atoms with Crippen LogP contribution >= 0.6 is 0 Å². The van der Waals surface area contributed by atoms with Crippen LogP contribution in [-0.4, -0.2) is 12.1 Å². The van der Waals surface area contributed by atoms with E-state index in [0.29, 0.717) is 0 Å². The first-order chi connectivity index (χ1) is 8.33. The van der Waals surface area contributed by atoms with Gasteiger partial charge in [0.2, 0.25) is 0 Å². The van der Waals surface area contributed by atoms with Crippen molar-refractivity contribution in [1.29, 1.82) is 0 Å². The Kier molecular flexibility index (Phi) is 3.56. The molecule has 3 aliphatic carbocycles. The van der Waals surface area contributed by atoms with Crippen LogP contribution in [-0.2, 0) is 0 Å². The second kappa shape index (κ2) is 5.14. The van der Waals surface area contributed by atoms with Crippen molar-refractivity contribution in [3.63, 3.8) is 0 Å². The van der Waals surface area contributed by atoms with Crippen LogP contribution in [0.3, 0.4) is 0 Å². The van der Waals surface area contributed by atoms with Crippen molar-refractivity contribution >= 4 is 0 Å². The Balaban J connectivity index is 1.52. The van der Waals surface area contributed by atoms with Crippen LogP contribution in [0.4, 0.5) is 0 Å². The Morgan fingerprint density at radius 2 is 1.76 bits per heavy atom. The Hall–Kier alpha value is -0.300. The average Bonchev–Trinajstić information content (AvgIpc) is 2.87. The lowest BCUT2D eigenvalue weighted by Gasteiger charge is -2.30. The van der Waals surface area contributed by atoms with Gasteiger partial charge in [0.1, 0.15) is 0 Å². The van der Waals surface area contributed by atoms with Gasteiger partial charge in [0.15, 0.2) is 0 Å². The van der Waals surface area contributed by atoms with Crippen LogP contribution < -0.4 is 5.32 Å². The van der Waals surface area contributed by atoms with Crippen molar-refractivity contribution in [2.24, 2.45) is 17.8 Å². The van der Waals surface area contributed by atoms with E-state index in [0.717, 1.165) is 29.8 Å². The predicted molar refractivity (Wildman–Crippen MR) is 72.9 cm³/mol. The molecule has 1 N–H and O–H groups in total. The molecule has 1 nitrogen and oxygen atoms in total. The van der Waals surface area contributed by atoms with Gasteiger partial charge in [-0.05, 0) is 50.4 Å². The highest BCUT2D eigenvalue weighted by molar-refractivity contribution is 5.11. The highest BCUT2D eigenvalue weighted by atomic mass is 15.0. The van der Waals surface area contributed by atoms with Crippen molar-refractivity contribution in [3.05, 3.63) is 12.2 Å². The minimum Gasteiger partial charge on any atom is -0.311 e. The van der Waals surface area contributed by atoms with Crippen LogP contribution in [0.15, 0.2) is 12.2 Å². The van der Waals surface area contributed by atoms with E-state index in [-0.39, 0.29) is 0 Å². The monoisotopic (exact) mass is 233 g/mol. The fourth-order valence-corrected chi connectivity index (χ4v) is 4.34. The molecule has 2 bridgehead atoms. The second-order valence-electron chi connectivity index (χ2n) is 6.59. The summed E-state index contributed by atoms with van der Waals surface area (Å²) in [6.07, 6.45) is 16.5. The summed E-state index contributed by atoms with van der Waals surface area (Å²) in [5, 5.41) is 3.95. The maximum absolute atomic E-state index is 3.95. The van der Waals surface area contributed by atoms with E-state index >= 15 is 0 Å². The minimum atomic E-state index is 0.734. The van der Waals surface area contributed by atoms with Crippen molar-refractivity contribution in [2.75, 3.05) is 0 Å². The van der Waals surface area contributed by atoms with Gasteiger partial charge in [0.05, 0.1) is 0 Å². The molecule has 0 aromatic rings. The van der Waals surface area contributed by atoms with Gasteiger partial charge in [-0.1, -0.05) is 37.8 Å². The number of allylic oxidation sites excluding steroid dienone is 2. The van der Waals surface area contributed by atoms with Gasteiger partial charge in [-0.25, -0.2) is 0 Å². The summed E-state index contributed by atoms with van der Waals surface area (Å²) in [5.41, 5.74) is 0. The summed E-state index contributed by atoms with van der Waals surface area (Å²) in [5.74, 6) is 2.74. The zero-order valence-corrected chi connectivity index (χ0v) is 11.2. The summed E-state index contributed by atoms with van der Waals surface area (Å²) in [7, 11) is 0. The standard InChI is InChI=1S/C16H27N/c1-12(16-11-13-8-9-14(16)10-13)17-15-6-4-2-3-5-7-15/h8-9,12-17H,2-7,10-11H2,1H3. The molecule has 4 atom stereocenters. The molecule has 0 saturated heterocycles. The fourth-order valence-electron chi connectivity index (χ4n) is 4.34. The maximum atomic E-state index is 3.95. The normalized spacial score (nSPS) is 39.5. The first-order valence-corrected chi connectivity index (χ1v) is 7.77. The van der Waals surface area contributed by atoms with E-state index in [1.165, 1.54) is 51.4 Å². The van der Waals surface area contributed by atoms with Crippen molar-refractivity contribution in [3.8, 4) is 0 Å². The summed E-state index contributed by atoms with van der Waals surface area (Å²) in [6.45, 7) is 2.43. The molecular formula is C16H27N. The highest BCUT2D eigenvalue weighted by Crippen LogP contribution is 2.45. The molecule has 0 radical (unpaired) electrons. The molecule has 96 valence electrons. The largest absolute Gasteiger partial charge is 0.311 e. The quantitative estimate of drug-likeness (QED) is 0.576. The molecule has 1 heteroatoms. The zero-order valence-electron chi connectivity index (χ0n) is 11.2. The van der Waals surface area contributed by atoms with Crippen molar-refractivity contribution < 1.29 is 0 Å². The third kappa shape index (κ3) is 2.59. The Morgan fingerprint density at radius 1 is 1.00 bits per heavy atom. The first-order valence-electron chi connectivity index (χ1n) is 7.77. The Labute approximate surface area is 106 Å². The van der Waals surface area contributed by atoms with Crippen LogP contribution in [0.25, 0.3) is 0 Å². The smallest absolute Gasteiger partial charge is 0.00754 e. The predicted octanol–water partition coefficient (Wildman–Crippen LogP) is 3.90. The molecule has 3 rings (SSSR count). The SMILES string of the molecule is CC(NC1CCCCCC1)C1CC2C=CC1C2. The zero-order chi connectivity index (χ0) is 11.7. The summed E-state index contributed by atoms with van der Waals surface area (Å²) in [4.78, 5) is 0. The molecule has 0 aromatic carbocycles. The number of fused-ring (bicyclic) bond motifs is 2. The molecule has 17 heavy (non-hydrogen) atoms. The maximum Gasteiger partial charge on any atom is 0.00754 e. The third-order valence-electron chi connectivity index (χ3n) is 5.33. The van der Waals surface area contributed by atoms with Crippen LogP contribution in [0.5, 0.6) is 0 Å². The van der Waals surface area contributed by atoms with Crippen LogP contribution in [0.2, 0.25) is 0 Å². The molecule has 0 aromatic heterocycles. The van der Waals surface area contributed by atoms with Gasteiger partial charge in [-0.2, -0.15) is 0 Å². The molecule has 3 aliphatic rings. The number of nitrogens with one attached hydrogen (secondary N) is 1. The number of rotatable bonds is 3. The van der Waals surface area contributed by atoms with Gasteiger partial charge in [-0.3, -0.25) is 0 Å². The van der Waals surface area contributed by atoms with E-state index < -0.39 is 0 Å². The number of hydrogen-bond acceptors (Lipinski definition) is 1. The molecule has 0 amide bonds. The van der Waals surface area contributed by atoms with E-state index in [9.17, 15) is 0 Å². The highest BCUT2D eigenvalue weighted by Gasteiger charge is 2.38. The first kappa shape index (κ1) is 11.8. The molecule has 0 aliphatic heterocycles. The summed E-state index contributed by atoms with van der Waals surface area (Å²) < 4.78 is 0. The van der Waals surface area contributed by atoms with E-state index in [1.807, 2.05) is 0 Å². The number of hydrogen-bond donors (Lipinski definition) is 1. The van der Waals surface area contributed by atoms with E-state index in [1.54, 1.807) is 0 Å². The van der Waals surface area contributed by atoms with Gasteiger partial charge in [-0.15, -0.1) is 0 Å². The lowest BCUT2D eigenvalue weighted by atomic mass is 9.87. The molecule has 0 heterocycles. The molecule has 2 fully saturated rings. The Morgan fingerprint density at radius 3 is 2.35 bits per heavy atom. The van der Waals surface area contributed by atoms with Gasteiger partial charge in [0.25, 0.3) is 0 Å². The molecule has 4 unspecified atom stereocenters. The van der Waals surface area contributed by atoms with Gasteiger partial charge >= 0.3 is 0 Å². The van der Waals surface area contributed by atoms with Gasteiger partial charge in [0, 0.05) is 12.1 Å². The molecule has 2 saturated carbocycles. The lowest BCUT2D eigenvalue weighted by Crippen LogP contribution is -2.42. The van der Waals surface area contributed by atoms with Crippen LogP contribution in [0.1, 0.15) is 58.3 Å². The average molecular weight is 233 g/mol. The second-order valence-corrected chi connectivity index (χ2v) is 6.59. The van der Waals surface area contributed by atoms with Gasteiger partial charge < -0.3 is 5.32 Å². The van der Waals surface area contributed by atoms with Crippen molar-refractivity contribution in [2.45, 2.75) is 70.4 Å². The topological polar surface area (TPSA) is 12.0 Å². The Bertz CT molecular complexity index is 275. The van der Waals surface area contributed by atoms with Crippen LogP contribution in [0, 0.1) is 17.8 Å². The third-order valence-corrected chi connectivity index (χ3v) is 5.33.